The van der Waals surface area contributed by atoms with E-state index >= 15 is 0 Å². The van der Waals surface area contributed by atoms with Gasteiger partial charge in [0.05, 0.1) is 0 Å². The first-order valence-corrected chi connectivity index (χ1v) is 6.41. The highest BCUT2D eigenvalue weighted by Gasteiger charge is 2.11. The molecule has 1 aromatic heterocycles. The summed E-state index contributed by atoms with van der Waals surface area (Å²) >= 11 is 6.09. The minimum Gasteiger partial charge on any atom is -0.384 e. The lowest BCUT2D eigenvalue weighted by Gasteiger charge is -2.12. The molecule has 0 spiro atoms. The second-order valence-electron chi connectivity index (χ2n) is 4.40. The molecule has 1 unspecified atom stereocenters. The zero-order valence-electron chi connectivity index (χ0n) is 10.1. The summed E-state index contributed by atoms with van der Waals surface area (Å²) < 4.78 is 0. The van der Waals surface area contributed by atoms with Gasteiger partial charge in [0, 0.05) is 11.6 Å². The number of pyridine rings is 1. The number of aliphatic hydroxyl groups is 1. The van der Waals surface area contributed by atoms with Gasteiger partial charge in [-0.1, -0.05) is 54.1 Å². The molecule has 3 aromatic rings. The fourth-order valence-electron chi connectivity index (χ4n) is 2.15. The van der Waals surface area contributed by atoms with Crippen LogP contribution in [0, 0.1) is 0 Å². The van der Waals surface area contributed by atoms with Gasteiger partial charge in [-0.3, -0.25) is 0 Å². The highest BCUT2D eigenvalue weighted by Crippen LogP contribution is 2.27. The van der Waals surface area contributed by atoms with Gasteiger partial charge in [0.1, 0.15) is 11.3 Å². The van der Waals surface area contributed by atoms with E-state index in [0.29, 0.717) is 5.15 Å². The highest BCUT2D eigenvalue weighted by molar-refractivity contribution is 6.34. The first-order chi connectivity index (χ1) is 9.25. The van der Waals surface area contributed by atoms with Gasteiger partial charge in [0.2, 0.25) is 0 Å². The molecule has 1 heterocycles. The molecule has 3 heteroatoms. The predicted molar refractivity (Wildman–Crippen MR) is 77.3 cm³/mol. The van der Waals surface area contributed by atoms with Gasteiger partial charge in [-0.2, -0.15) is 0 Å². The summed E-state index contributed by atoms with van der Waals surface area (Å²) in [6.07, 6.45) is 1.03. The van der Waals surface area contributed by atoms with Crippen molar-refractivity contribution in [3.05, 3.63) is 77.1 Å². The van der Waals surface area contributed by atoms with Crippen LogP contribution in [0.25, 0.3) is 10.8 Å². The van der Waals surface area contributed by atoms with Gasteiger partial charge < -0.3 is 5.11 Å². The van der Waals surface area contributed by atoms with E-state index in [-0.39, 0.29) is 0 Å². The zero-order valence-corrected chi connectivity index (χ0v) is 10.9. The number of nitrogens with zero attached hydrogens (tertiary/aromatic N) is 1. The molecule has 0 fully saturated rings. The van der Waals surface area contributed by atoms with E-state index in [1.54, 1.807) is 6.20 Å². The lowest BCUT2D eigenvalue weighted by Crippen LogP contribution is -1.99. The second-order valence-corrected chi connectivity index (χ2v) is 4.75. The van der Waals surface area contributed by atoms with Gasteiger partial charge in [0.15, 0.2) is 0 Å². The number of hydrogen-bond acceptors (Lipinski definition) is 2. The summed E-state index contributed by atoms with van der Waals surface area (Å²) in [4.78, 5) is 4.06. The molecule has 2 aromatic carbocycles. The minimum atomic E-state index is -0.651. The van der Waals surface area contributed by atoms with E-state index in [1.807, 2.05) is 54.6 Å². The Bertz CT molecular complexity index is 712. The van der Waals surface area contributed by atoms with Crippen molar-refractivity contribution in [2.45, 2.75) is 6.10 Å². The van der Waals surface area contributed by atoms with Crippen molar-refractivity contribution < 1.29 is 5.11 Å². The summed E-state index contributed by atoms with van der Waals surface area (Å²) in [5.74, 6) is 0. The third kappa shape index (κ3) is 2.33. The third-order valence-corrected chi connectivity index (χ3v) is 3.47. The van der Waals surface area contributed by atoms with E-state index in [0.717, 1.165) is 21.9 Å². The Morgan fingerprint density at radius 1 is 0.947 bits per heavy atom. The van der Waals surface area contributed by atoms with Crippen LogP contribution in [0.1, 0.15) is 17.2 Å². The van der Waals surface area contributed by atoms with Gasteiger partial charge >= 0.3 is 0 Å². The molecule has 0 radical (unpaired) electrons. The van der Waals surface area contributed by atoms with Crippen LogP contribution in [0.5, 0.6) is 0 Å². The predicted octanol–water partition coefficient (Wildman–Crippen LogP) is 3.97. The second kappa shape index (κ2) is 5.00. The summed E-state index contributed by atoms with van der Waals surface area (Å²) in [5, 5.41) is 12.7. The summed E-state index contributed by atoms with van der Waals surface area (Å²) in [5.41, 5.74) is 1.68. The quantitative estimate of drug-likeness (QED) is 0.714. The molecule has 0 saturated carbocycles. The monoisotopic (exact) mass is 269 g/mol. The minimum absolute atomic E-state index is 0.458. The molecule has 2 nitrogen and oxygen atoms in total. The molecule has 0 aliphatic heterocycles. The third-order valence-electron chi connectivity index (χ3n) is 3.17. The van der Waals surface area contributed by atoms with E-state index in [4.69, 9.17) is 11.6 Å². The summed E-state index contributed by atoms with van der Waals surface area (Å²) in [7, 11) is 0. The highest BCUT2D eigenvalue weighted by atomic mass is 35.5. The Morgan fingerprint density at radius 2 is 1.74 bits per heavy atom. The van der Waals surface area contributed by atoms with Crippen molar-refractivity contribution >= 4 is 22.4 Å². The normalized spacial score (nSPS) is 12.5. The van der Waals surface area contributed by atoms with Crippen LogP contribution >= 0.6 is 11.6 Å². The number of benzene rings is 2. The molecule has 0 amide bonds. The molecular weight excluding hydrogens is 258 g/mol. The maximum atomic E-state index is 10.4. The number of hydrogen-bond donors (Lipinski definition) is 1. The topological polar surface area (TPSA) is 33.1 Å². The Labute approximate surface area is 116 Å². The van der Waals surface area contributed by atoms with E-state index in [9.17, 15) is 5.11 Å². The van der Waals surface area contributed by atoms with E-state index in [2.05, 4.69) is 4.98 Å². The lowest BCUT2D eigenvalue weighted by molar-refractivity contribution is 0.220. The molecule has 19 heavy (non-hydrogen) atoms. The van der Waals surface area contributed by atoms with Crippen LogP contribution in [0.15, 0.2) is 60.8 Å². The number of aliphatic hydroxyl groups excluding tert-OH is 1. The van der Waals surface area contributed by atoms with Crippen LogP contribution in [0.3, 0.4) is 0 Å². The fourth-order valence-corrected chi connectivity index (χ4v) is 2.37. The van der Waals surface area contributed by atoms with E-state index in [1.165, 1.54) is 0 Å². The van der Waals surface area contributed by atoms with Crippen molar-refractivity contribution in [2.24, 2.45) is 0 Å². The molecule has 94 valence electrons. The van der Waals surface area contributed by atoms with E-state index < -0.39 is 6.10 Å². The van der Waals surface area contributed by atoms with Crippen LogP contribution in [-0.4, -0.2) is 10.1 Å². The SMILES string of the molecule is OC(c1ccccc1)c1ccc2ccnc(Cl)c2c1. The smallest absolute Gasteiger partial charge is 0.136 e. The van der Waals surface area contributed by atoms with Crippen LogP contribution in [-0.2, 0) is 0 Å². The first-order valence-electron chi connectivity index (χ1n) is 6.03. The molecule has 0 bridgehead atoms. The maximum absolute atomic E-state index is 10.4. The van der Waals surface area contributed by atoms with Gasteiger partial charge in [-0.15, -0.1) is 0 Å². The summed E-state index contributed by atoms with van der Waals surface area (Å²) in [6.45, 7) is 0. The van der Waals surface area contributed by atoms with Crippen LogP contribution < -0.4 is 0 Å². The maximum Gasteiger partial charge on any atom is 0.136 e. The first kappa shape index (κ1) is 12.2. The van der Waals surface area contributed by atoms with Gasteiger partial charge in [-0.05, 0) is 28.6 Å². The average molecular weight is 270 g/mol. The van der Waals surface area contributed by atoms with Crippen molar-refractivity contribution in [1.29, 1.82) is 0 Å². The Hall–Kier alpha value is -1.90. The number of halogens is 1. The molecular formula is C16H12ClNO. The number of rotatable bonds is 2. The largest absolute Gasteiger partial charge is 0.384 e. The van der Waals surface area contributed by atoms with Crippen LogP contribution in [0.4, 0.5) is 0 Å². The lowest BCUT2D eigenvalue weighted by atomic mass is 9.99. The molecule has 3 rings (SSSR count). The number of fused-ring (bicyclic) bond motifs is 1. The van der Waals surface area contributed by atoms with Crippen molar-refractivity contribution in [2.75, 3.05) is 0 Å². The molecule has 0 aliphatic rings. The molecule has 1 N–H and O–H groups in total. The van der Waals surface area contributed by atoms with Crippen LogP contribution in [0.2, 0.25) is 5.15 Å². The Balaban J connectivity index is 2.09. The van der Waals surface area contributed by atoms with Crippen molar-refractivity contribution in [3.63, 3.8) is 0 Å². The summed E-state index contributed by atoms with van der Waals surface area (Å²) in [6, 6.07) is 17.2. The Morgan fingerprint density at radius 3 is 2.53 bits per heavy atom. The van der Waals surface area contributed by atoms with Crippen molar-refractivity contribution in [3.8, 4) is 0 Å². The average Bonchev–Trinajstić information content (AvgIpc) is 2.47. The van der Waals surface area contributed by atoms with Gasteiger partial charge in [-0.25, -0.2) is 4.98 Å². The fraction of sp³-hybridized carbons (Fsp3) is 0.0625. The molecule has 1 atom stereocenters. The number of aromatic nitrogens is 1. The van der Waals surface area contributed by atoms with Gasteiger partial charge in [0.25, 0.3) is 0 Å². The standard InChI is InChI=1S/C16H12ClNO/c17-16-14-10-13(7-6-11(14)8-9-18-16)15(19)12-4-2-1-3-5-12/h1-10,15,19H. The molecule has 0 aliphatic carbocycles. The van der Waals surface area contributed by atoms with Crippen molar-refractivity contribution in [1.82, 2.24) is 4.98 Å². The Kier molecular flexibility index (Phi) is 3.20. The molecule has 0 saturated heterocycles. The zero-order chi connectivity index (χ0) is 13.2.